The van der Waals surface area contributed by atoms with E-state index < -0.39 is 0 Å². The van der Waals surface area contributed by atoms with Crippen molar-refractivity contribution in [1.82, 2.24) is 9.38 Å². The molecular formula is C21H16ClN3O2. The van der Waals surface area contributed by atoms with E-state index >= 15 is 0 Å². The van der Waals surface area contributed by atoms with Crippen LogP contribution in [0.2, 0.25) is 5.02 Å². The molecule has 2 aromatic heterocycles. The number of ether oxygens (including phenoxy) is 1. The number of hydrogen-bond acceptors (Lipinski definition) is 3. The minimum absolute atomic E-state index is 0.239. The fourth-order valence-electron chi connectivity index (χ4n) is 2.83. The van der Waals surface area contributed by atoms with Gasteiger partial charge in [-0.2, -0.15) is 0 Å². The number of anilines is 1. The van der Waals surface area contributed by atoms with Gasteiger partial charge >= 0.3 is 0 Å². The number of benzene rings is 2. The van der Waals surface area contributed by atoms with E-state index in [1.807, 2.05) is 53.2 Å². The van der Waals surface area contributed by atoms with Crippen LogP contribution < -0.4 is 10.1 Å². The molecule has 0 spiro atoms. The van der Waals surface area contributed by atoms with Crippen molar-refractivity contribution in [2.24, 2.45) is 0 Å². The highest BCUT2D eigenvalue weighted by atomic mass is 35.5. The van der Waals surface area contributed by atoms with Gasteiger partial charge in [0.1, 0.15) is 11.4 Å². The number of fused-ring (bicyclic) bond motifs is 1. The Bertz CT molecular complexity index is 1090. The molecule has 0 atom stereocenters. The fraction of sp³-hybridized carbons (Fsp3) is 0.0476. The number of nitrogens with zero attached hydrogens (tertiary/aromatic N) is 2. The molecule has 4 rings (SSSR count). The maximum Gasteiger partial charge on any atom is 0.255 e. The van der Waals surface area contributed by atoms with Crippen LogP contribution in [0.15, 0.2) is 73.1 Å². The maximum absolute atomic E-state index is 12.6. The molecule has 1 N–H and O–H groups in total. The molecular weight excluding hydrogens is 362 g/mol. The lowest BCUT2D eigenvalue weighted by molar-refractivity contribution is 0.102. The molecule has 0 saturated carbocycles. The topological polar surface area (TPSA) is 55.6 Å². The first-order valence-electron chi connectivity index (χ1n) is 8.33. The number of carbonyl (C=O) groups is 1. The Morgan fingerprint density at radius 3 is 2.67 bits per heavy atom. The molecule has 0 aliphatic rings. The van der Waals surface area contributed by atoms with E-state index in [4.69, 9.17) is 16.3 Å². The van der Waals surface area contributed by atoms with E-state index in [0.29, 0.717) is 22.0 Å². The summed E-state index contributed by atoms with van der Waals surface area (Å²) in [5.41, 5.74) is 3.64. The Labute approximate surface area is 161 Å². The van der Waals surface area contributed by atoms with Gasteiger partial charge in [-0.25, -0.2) is 4.98 Å². The Morgan fingerprint density at radius 1 is 1.11 bits per heavy atom. The predicted octanol–water partition coefficient (Wildman–Crippen LogP) is 4.92. The second-order valence-corrected chi connectivity index (χ2v) is 6.40. The number of nitrogens with one attached hydrogen (secondary N) is 1. The summed E-state index contributed by atoms with van der Waals surface area (Å²) >= 11 is 5.89. The van der Waals surface area contributed by atoms with Crippen LogP contribution in [0.25, 0.3) is 16.9 Å². The normalized spacial score (nSPS) is 10.7. The maximum atomic E-state index is 12.6. The second-order valence-electron chi connectivity index (χ2n) is 5.97. The molecule has 1 amide bonds. The van der Waals surface area contributed by atoms with Crippen LogP contribution in [0, 0.1) is 0 Å². The van der Waals surface area contributed by atoms with Crippen molar-refractivity contribution in [3.05, 3.63) is 83.6 Å². The van der Waals surface area contributed by atoms with E-state index in [0.717, 1.165) is 16.9 Å². The molecule has 134 valence electrons. The van der Waals surface area contributed by atoms with E-state index in [1.54, 1.807) is 31.4 Å². The third-order valence-corrected chi connectivity index (χ3v) is 4.47. The summed E-state index contributed by atoms with van der Waals surface area (Å²) in [5.74, 6) is 0.335. The molecule has 0 bridgehead atoms. The average Bonchev–Trinajstić information content (AvgIpc) is 3.12. The first-order chi connectivity index (χ1) is 13.1. The van der Waals surface area contributed by atoms with Crippen molar-refractivity contribution >= 4 is 28.8 Å². The monoisotopic (exact) mass is 377 g/mol. The van der Waals surface area contributed by atoms with Gasteiger partial charge in [-0.3, -0.25) is 4.79 Å². The van der Waals surface area contributed by atoms with Gasteiger partial charge in [0.05, 0.1) is 18.5 Å². The van der Waals surface area contributed by atoms with E-state index in [9.17, 15) is 4.79 Å². The van der Waals surface area contributed by atoms with Crippen LogP contribution in [0.4, 0.5) is 5.69 Å². The van der Waals surface area contributed by atoms with Crippen molar-refractivity contribution in [2.45, 2.75) is 0 Å². The fourth-order valence-corrected chi connectivity index (χ4v) is 2.96. The van der Waals surface area contributed by atoms with Gasteiger partial charge in [0, 0.05) is 28.5 Å². The van der Waals surface area contributed by atoms with Gasteiger partial charge in [0.2, 0.25) is 0 Å². The van der Waals surface area contributed by atoms with Crippen molar-refractivity contribution in [3.63, 3.8) is 0 Å². The van der Waals surface area contributed by atoms with Gasteiger partial charge in [-0.15, -0.1) is 0 Å². The molecule has 6 heteroatoms. The van der Waals surface area contributed by atoms with Gasteiger partial charge in [-0.05, 0) is 54.6 Å². The number of halogens is 1. The molecule has 0 unspecified atom stereocenters. The standard InChI is InChI=1S/C21H16ClN3O2/c1-27-19-10-7-15(18-13-25-11-3-2-4-20(25)23-18)12-17(19)24-21(26)14-5-8-16(22)9-6-14/h2-13H,1H3,(H,24,26). The minimum atomic E-state index is -0.239. The van der Waals surface area contributed by atoms with Crippen LogP contribution in [0.3, 0.4) is 0 Å². The quantitative estimate of drug-likeness (QED) is 0.549. The van der Waals surface area contributed by atoms with Crippen molar-refractivity contribution < 1.29 is 9.53 Å². The molecule has 0 saturated heterocycles. The number of aromatic nitrogens is 2. The highest BCUT2D eigenvalue weighted by Gasteiger charge is 2.13. The van der Waals surface area contributed by atoms with Gasteiger partial charge < -0.3 is 14.5 Å². The summed E-state index contributed by atoms with van der Waals surface area (Å²) in [6.45, 7) is 0. The Morgan fingerprint density at radius 2 is 1.93 bits per heavy atom. The zero-order chi connectivity index (χ0) is 18.8. The van der Waals surface area contributed by atoms with Crippen molar-refractivity contribution in [1.29, 1.82) is 0 Å². The van der Waals surface area contributed by atoms with Crippen molar-refractivity contribution in [3.8, 4) is 17.0 Å². The van der Waals surface area contributed by atoms with Crippen LogP contribution in [0.5, 0.6) is 5.75 Å². The van der Waals surface area contributed by atoms with E-state index in [-0.39, 0.29) is 5.91 Å². The molecule has 4 aromatic rings. The average molecular weight is 378 g/mol. The van der Waals surface area contributed by atoms with Crippen LogP contribution in [0.1, 0.15) is 10.4 Å². The zero-order valence-corrected chi connectivity index (χ0v) is 15.3. The predicted molar refractivity (Wildman–Crippen MR) is 107 cm³/mol. The highest BCUT2D eigenvalue weighted by molar-refractivity contribution is 6.30. The summed E-state index contributed by atoms with van der Waals surface area (Å²) in [6.07, 6.45) is 3.89. The van der Waals surface area contributed by atoms with E-state index in [2.05, 4.69) is 10.3 Å². The van der Waals surface area contributed by atoms with Crippen molar-refractivity contribution in [2.75, 3.05) is 12.4 Å². The lowest BCUT2D eigenvalue weighted by atomic mass is 10.1. The Hall–Kier alpha value is -3.31. The molecule has 27 heavy (non-hydrogen) atoms. The summed E-state index contributed by atoms with van der Waals surface area (Å²) in [7, 11) is 1.57. The summed E-state index contributed by atoms with van der Waals surface area (Å²) in [4.78, 5) is 17.2. The Kier molecular flexibility index (Phi) is 4.52. The third kappa shape index (κ3) is 3.50. The summed E-state index contributed by atoms with van der Waals surface area (Å²) < 4.78 is 7.34. The zero-order valence-electron chi connectivity index (χ0n) is 14.5. The molecule has 0 radical (unpaired) electrons. The number of hydrogen-bond donors (Lipinski definition) is 1. The molecule has 0 aliphatic carbocycles. The molecule has 2 heterocycles. The number of amides is 1. The molecule has 0 aliphatic heterocycles. The first kappa shape index (κ1) is 17.1. The SMILES string of the molecule is COc1ccc(-c2cn3ccccc3n2)cc1NC(=O)c1ccc(Cl)cc1. The van der Waals surface area contributed by atoms with Gasteiger partial charge in [0.15, 0.2) is 0 Å². The number of rotatable bonds is 4. The summed E-state index contributed by atoms with van der Waals surface area (Å²) in [5, 5.41) is 3.48. The number of imidazole rings is 1. The van der Waals surface area contributed by atoms with E-state index in [1.165, 1.54) is 0 Å². The second kappa shape index (κ2) is 7.13. The lowest BCUT2D eigenvalue weighted by Gasteiger charge is -2.11. The number of methoxy groups -OCH3 is 1. The minimum Gasteiger partial charge on any atom is -0.495 e. The molecule has 2 aromatic carbocycles. The molecule has 5 nitrogen and oxygen atoms in total. The smallest absolute Gasteiger partial charge is 0.255 e. The highest BCUT2D eigenvalue weighted by Crippen LogP contribution is 2.31. The number of carbonyl (C=O) groups excluding carboxylic acids is 1. The summed E-state index contributed by atoms with van der Waals surface area (Å²) in [6, 6.07) is 18.1. The van der Waals surface area contributed by atoms with Crippen LogP contribution >= 0.6 is 11.6 Å². The van der Waals surface area contributed by atoms with Gasteiger partial charge in [-0.1, -0.05) is 17.7 Å². The number of pyridine rings is 1. The molecule has 0 fully saturated rings. The lowest BCUT2D eigenvalue weighted by Crippen LogP contribution is -2.12. The van der Waals surface area contributed by atoms with Gasteiger partial charge in [0.25, 0.3) is 5.91 Å². The Balaban J connectivity index is 1.68. The van der Waals surface area contributed by atoms with Crippen LogP contribution in [-0.2, 0) is 0 Å². The van der Waals surface area contributed by atoms with Crippen LogP contribution in [-0.4, -0.2) is 22.4 Å². The third-order valence-electron chi connectivity index (χ3n) is 4.21. The largest absolute Gasteiger partial charge is 0.495 e. The first-order valence-corrected chi connectivity index (χ1v) is 8.71.